The second kappa shape index (κ2) is 6.25. The van der Waals surface area contributed by atoms with Crippen molar-refractivity contribution in [2.24, 2.45) is 0 Å². The third kappa shape index (κ3) is 2.91. The zero-order valence-corrected chi connectivity index (χ0v) is 12.8. The molecule has 1 heterocycles. The lowest BCUT2D eigenvalue weighted by Gasteiger charge is -2.12. The number of hydrogen-bond acceptors (Lipinski definition) is 5. The van der Waals surface area contributed by atoms with Crippen LogP contribution in [0.2, 0.25) is 0 Å². The molecule has 24 heavy (non-hydrogen) atoms. The Labute approximate surface area is 139 Å². The van der Waals surface area contributed by atoms with Crippen LogP contribution in [0.4, 0.5) is 20.6 Å². The molecular weight excluding hydrogens is 335 g/mol. The Morgan fingerprint density at radius 3 is 2.58 bits per heavy atom. The Morgan fingerprint density at radius 2 is 1.88 bits per heavy atom. The Morgan fingerprint density at radius 1 is 1.12 bits per heavy atom. The van der Waals surface area contributed by atoms with E-state index in [4.69, 9.17) is 0 Å². The molecule has 0 saturated carbocycles. The molecule has 120 valence electrons. The second-order valence-corrected chi connectivity index (χ2v) is 5.81. The van der Waals surface area contributed by atoms with Crippen molar-refractivity contribution >= 4 is 40.4 Å². The molecule has 1 aliphatic rings. The fraction of sp³-hybridized carbons (Fsp3) is 0. The summed E-state index contributed by atoms with van der Waals surface area (Å²) in [6, 6.07) is 11.1. The molecule has 0 bridgehead atoms. The smallest absolute Gasteiger partial charge is 0.268 e. The van der Waals surface area contributed by atoms with Crippen LogP contribution in [0.25, 0.3) is 6.08 Å². The van der Waals surface area contributed by atoms with Gasteiger partial charge in [-0.25, -0.2) is 9.29 Å². The van der Waals surface area contributed by atoms with Gasteiger partial charge in [0.25, 0.3) is 16.8 Å². The number of nitro benzene ring substituents is 1. The monoisotopic (exact) mass is 344 g/mol. The Kier molecular flexibility index (Phi) is 4.13. The van der Waals surface area contributed by atoms with E-state index in [0.29, 0.717) is 17.3 Å². The van der Waals surface area contributed by atoms with E-state index < -0.39 is 21.9 Å². The Bertz CT molecular complexity index is 897. The Hall–Kier alpha value is -3.00. The number of hydrogen-bond donors (Lipinski definition) is 0. The summed E-state index contributed by atoms with van der Waals surface area (Å²) in [5, 5.41) is 10.2. The topological polar surface area (TPSA) is 80.5 Å². The third-order valence-electron chi connectivity index (χ3n) is 3.27. The number of nitro groups is 1. The summed E-state index contributed by atoms with van der Waals surface area (Å²) < 4.78 is 13.8. The molecule has 2 aromatic rings. The zero-order valence-electron chi connectivity index (χ0n) is 12.0. The van der Waals surface area contributed by atoms with E-state index in [9.17, 15) is 24.1 Å². The molecule has 6 nitrogen and oxygen atoms in total. The minimum atomic E-state index is -0.684. The normalized spacial score (nSPS) is 16.0. The van der Waals surface area contributed by atoms with E-state index in [2.05, 4.69) is 0 Å². The number of carbonyl (C=O) groups excluding carboxylic acids is 2. The largest absolute Gasteiger partial charge is 0.298 e. The van der Waals surface area contributed by atoms with Crippen molar-refractivity contribution in [3.63, 3.8) is 0 Å². The van der Waals surface area contributed by atoms with Gasteiger partial charge in [-0.3, -0.25) is 19.7 Å². The van der Waals surface area contributed by atoms with Gasteiger partial charge in [0.2, 0.25) is 0 Å². The van der Waals surface area contributed by atoms with Crippen LogP contribution in [-0.2, 0) is 4.79 Å². The maximum Gasteiger partial charge on any atom is 0.298 e. The van der Waals surface area contributed by atoms with Gasteiger partial charge in [-0.15, -0.1) is 0 Å². The van der Waals surface area contributed by atoms with Crippen molar-refractivity contribution in [3.8, 4) is 0 Å². The number of thioether (sulfide) groups is 1. The zero-order chi connectivity index (χ0) is 17.3. The van der Waals surface area contributed by atoms with Crippen LogP contribution in [0, 0.1) is 15.9 Å². The molecule has 3 rings (SSSR count). The number of non-ortho nitro benzene ring substituents is 1. The lowest BCUT2D eigenvalue weighted by Crippen LogP contribution is -2.28. The highest BCUT2D eigenvalue weighted by molar-refractivity contribution is 8.19. The molecule has 0 N–H and O–H groups in total. The van der Waals surface area contributed by atoms with Crippen molar-refractivity contribution in [2.75, 3.05) is 4.90 Å². The van der Waals surface area contributed by atoms with Gasteiger partial charge in [-0.1, -0.05) is 24.3 Å². The molecule has 8 heteroatoms. The average molecular weight is 344 g/mol. The summed E-state index contributed by atoms with van der Waals surface area (Å²) in [6.07, 6.45) is 1.37. The molecule has 0 aromatic heterocycles. The maximum atomic E-state index is 13.8. The van der Waals surface area contributed by atoms with Crippen LogP contribution in [-0.4, -0.2) is 16.1 Å². The number of halogens is 1. The van der Waals surface area contributed by atoms with E-state index in [0.717, 1.165) is 11.0 Å². The van der Waals surface area contributed by atoms with Crippen molar-refractivity contribution in [1.29, 1.82) is 0 Å². The molecule has 0 spiro atoms. The number of anilines is 1. The minimum Gasteiger partial charge on any atom is -0.268 e. The molecule has 2 amide bonds. The van der Waals surface area contributed by atoms with Gasteiger partial charge in [0.05, 0.1) is 15.5 Å². The van der Waals surface area contributed by atoms with Crippen molar-refractivity contribution < 1.29 is 18.9 Å². The summed E-state index contributed by atoms with van der Waals surface area (Å²) in [7, 11) is 0. The van der Waals surface area contributed by atoms with Crippen LogP contribution in [0.15, 0.2) is 53.4 Å². The van der Waals surface area contributed by atoms with Crippen LogP contribution < -0.4 is 4.90 Å². The van der Waals surface area contributed by atoms with Crippen molar-refractivity contribution in [1.82, 2.24) is 0 Å². The first-order valence-corrected chi connectivity index (χ1v) is 7.56. The van der Waals surface area contributed by atoms with Gasteiger partial charge in [-0.2, -0.15) is 0 Å². The quantitative estimate of drug-likeness (QED) is 0.478. The van der Waals surface area contributed by atoms with Gasteiger partial charge < -0.3 is 0 Å². The van der Waals surface area contributed by atoms with Gasteiger partial charge in [-0.05, 0) is 35.5 Å². The summed E-state index contributed by atoms with van der Waals surface area (Å²) >= 11 is 0.656. The van der Waals surface area contributed by atoms with Gasteiger partial charge >= 0.3 is 0 Å². The average Bonchev–Trinajstić information content (AvgIpc) is 2.82. The van der Waals surface area contributed by atoms with Crippen LogP contribution >= 0.6 is 11.8 Å². The van der Waals surface area contributed by atoms with Crippen molar-refractivity contribution in [2.45, 2.75) is 0 Å². The van der Waals surface area contributed by atoms with Crippen LogP contribution in [0.5, 0.6) is 0 Å². The van der Waals surface area contributed by atoms with Gasteiger partial charge in [0.1, 0.15) is 5.82 Å². The standard InChI is InChI=1S/C16H9FN2O4S/c17-12-6-1-2-7-13(12)18-15(20)14(24-16(18)21)9-10-4-3-5-11(8-10)19(22)23/h1-9H/b14-9-. The van der Waals surface area contributed by atoms with E-state index in [-0.39, 0.29) is 16.3 Å². The molecule has 1 fully saturated rings. The fourth-order valence-electron chi connectivity index (χ4n) is 2.19. The SMILES string of the molecule is O=C1S/C(=C\c2cccc([N+](=O)[O-])c2)C(=O)N1c1ccccc1F. The molecule has 0 unspecified atom stereocenters. The number of carbonyl (C=O) groups is 2. The number of para-hydroxylation sites is 1. The second-order valence-electron chi connectivity index (χ2n) is 4.82. The van der Waals surface area contributed by atoms with Gasteiger partial charge in [0.15, 0.2) is 0 Å². The predicted molar refractivity (Wildman–Crippen MR) is 87.9 cm³/mol. The third-order valence-corrected chi connectivity index (χ3v) is 4.14. The number of benzene rings is 2. The summed E-state index contributed by atoms with van der Waals surface area (Å²) in [5.41, 5.74) is 0.155. The molecular formula is C16H9FN2O4S. The highest BCUT2D eigenvalue weighted by Gasteiger charge is 2.37. The Balaban J connectivity index is 1.96. The van der Waals surface area contributed by atoms with Crippen molar-refractivity contribution in [3.05, 3.63) is 74.9 Å². The summed E-state index contributed by atoms with van der Waals surface area (Å²) in [5.74, 6) is -1.35. The molecule has 1 aliphatic heterocycles. The van der Waals surface area contributed by atoms with Crippen LogP contribution in [0.1, 0.15) is 5.56 Å². The van der Waals surface area contributed by atoms with E-state index in [1.54, 1.807) is 6.07 Å². The number of amides is 2. The number of rotatable bonds is 3. The van der Waals surface area contributed by atoms with E-state index >= 15 is 0 Å². The number of imide groups is 1. The first kappa shape index (κ1) is 15.9. The molecule has 0 aliphatic carbocycles. The lowest BCUT2D eigenvalue weighted by molar-refractivity contribution is -0.384. The first-order chi connectivity index (χ1) is 11.5. The molecule has 1 saturated heterocycles. The molecule has 0 radical (unpaired) electrons. The lowest BCUT2D eigenvalue weighted by atomic mass is 10.2. The summed E-state index contributed by atoms with van der Waals surface area (Å²) in [6.45, 7) is 0. The van der Waals surface area contributed by atoms with E-state index in [1.807, 2.05) is 0 Å². The highest BCUT2D eigenvalue weighted by Crippen LogP contribution is 2.36. The first-order valence-electron chi connectivity index (χ1n) is 6.74. The maximum absolute atomic E-state index is 13.8. The number of nitrogens with zero attached hydrogens (tertiary/aromatic N) is 2. The predicted octanol–water partition coefficient (Wildman–Crippen LogP) is 3.97. The highest BCUT2D eigenvalue weighted by atomic mass is 32.2. The molecule has 2 aromatic carbocycles. The van der Waals surface area contributed by atoms with E-state index in [1.165, 1.54) is 42.5 Å². The minimum absolute atomic E-state index is 0.0729. The fourth-order valence-corrected chi connectivity index (χ4v) is 3.02. The van der Waals surface area contributed by atoms with Crippen LogP contribution in [0.3, 0.4) is 0 Å². The molecule has 0 atom stereocenters. The van der Waals surface area contributed by atoms with Gasteiger partial charge in [0, 0.05) is 12.1 Å². The summed E-state index contributed by atoms with van der Waals surface area (Å²) in [4.78, 5) is 35.5.